The number of carbonyl (C=O) groups is 3. The summed E-state index contributed by atoms with van der Waals surface area (Å²) < 4.78 is 1.15. The number of aromatic nitrogens is 1. The Labute approximate surface area is 167 Å². The molecule has 2 aliphatic rings. The highest BCUT2D eigenvalue weighted by Crippen LogP contribution is 2.25. The monoisotopic (exact) mass is 394 g/mol. The van der Waals surface area contributed by atoms with Crippen LogP contribution in [0.4, 0.5) is 5.82 Å². The molecule has 1 aromatic heterocycles. The molecule has 2 heterocycles. The average Bonchev–Trinajstić information content (AvgIpc) is 3.01. The summed E-state index contributed by atoms with van der Waals surface area (Å²) >= 11 is 0. The van der Waals surface area contributed by atoms with E-state index < -0.39 is 17.4 Å². The van der Waals surface area contributed by atoms with Crippen LogP contribution in [-0.2, 0) is 0 Å². The quantitative estimate of drug-likeness (QED) is 0.769. The molecule has 150 valence electrons. The molecule has 0 unspecified atom stereocenters. The van der Waals surface area contributed by atoms with Crippen molar-refractivity contribution >= 4 is 23.5 Å². The lowest BCUT2D eigenvalue weighted by molar-refractivity contribution is 0.0695. The number of hydrogen-bond acceptors (Lipinski definition) is 5. The standard InChI is InChI=1S/C21H22N4O4/c1-24(13-7-3-2-4-8-13)21(29)12-6-5-9-14(10-12)25-16(26)11-15-17(18(25)22)20(28)23-19(15)27/h5-6,9-11,13H,2-4,7-8,22H2,1H3,(H,23,27,28). The predicted molar refractivity (Wildman–Crippen MR) is 107 cm³/mol. The number of nitrogens with one attached hydrogen (secondary N) is 1. The van der Waals surface area contributed by atoms with Gasteiger partial charge in [0.25, 0.3) is 23.3 Å². The van der Waals surface area contributed by atoms with Crippen LogP contribution in [-0.4, -0.2) is 40.3 Å². The summed E-state index contributed by atoms with van der Waals surface area (Å²) in [6.45, 7) is 0. The van der Waals surface area contributed by atoms with Crippen molar-refractivity contribution in [2.45, 2.75) is 38.1 Å². The lowest BCUT2D eigenvalue weighted by atomic mass is 9.94. The third-order valence-electron chi connectivity index (χ3n) is 5.75. The van der Waals surface area contributed by atoms with Crippen molar-refractivity contribution < 1.29 is 14.4 Å². The van der Waals surface area contributed by atoms with Crippen molar-refractivity contribution in [2.24, 2.45) is 0 Å². The third-order valence-corrected chi connectivity index (χ3v) is 5.75. The fraction of sp³-hybridized carbons (Fsp3) is 0.333. The number of nitrogens with two attached hydrogens (primary N) is 1. The maximum absolute atomic E-state index is 13.0. The topological polar surface area (TPSA) is 114 Å². The Morgan fingerprint density at radius 3 is 2.55 bits per heavy atom. The van der Waals surface area contributed by atoms with Gasteiger partial charge < -0.3 is 10.6 Å². The van der Waals surface area contributed by atoms with Crippen molar-refractivity contribution in [3.8, 4) is 5.69 Å². The van der Waals surface area contributed by atoms with E-state index in [9.17, 15) is 19.2 Å². The lowest BCUT2D eigenvalue weighted by Crippen LogP contribution is -2.38. The number of benzene rings is 1. The van der Waals surface area contributed by atoms with Gasteiger partial charge in [-0.1, -0.05) is 25.3 Å². The smallest absolute Gasteiger partial charge is 0.262 e. The zero-order valence-electron chi connectivity index (χ0n) is 16.1. The molecule has 0 bridgehead atoms. The minimum Gasteiger partial charge on any atom is -0.384 e. The van der Waals surface area contributed by atoms with Crippen molar-refractivity contribution in [3.63, 3.8) is 0 Å². The molecule has 3 N–H and O–H groups in total. The minimum atomic E-state index is -0.640. The van der Waals surface area contributed by atoms with Gasteiger partial charge in [-0.3, -0.25) is 29.1 Å². The predicted octanol–water partition coefficient (Wildman–Crippen LogP) is 1.71. The molecule has 1 saturated carbocycles. The molecule has 0 atom stereocenters. The van der Waals surface area contributed by atoms with Gasteiger partial charge in [0, 0.05) is 24.7 Å². The maximum Gasteiger partial charge on any atom is 0.262 e. The summed E-state index contributed by atoms with van der Waals surface area (Å²) in [4.78, 5) is 51.2. The van der Waals surface area contributed by atoms with Crippen molar-refractivity contribution in [2.75, 3.05) is 12.8 Å². The molecule has 1 fully saturated rings. The number of amides is 3. The van der Waals surface area contributed by atoms with E-state index in [1.807, 2.05) is 0 Å². The number of rotatable bonds is 3. The second kappa shape index (κ2) is 7.20. The van der Waals surface area contributed by atoms with E-state index in [0.717, 1.165) is 36.3 Å². The molecular weight excluding hydrogens is 372 g/mol. The molecular formula is C21H22N4O4. The molecule has 1 aliphatic heterocycles. The van der Waals surface area contributed by atoms with Crippen molar-refractivity contribution in [3.05, 3.63) is 57.4 Å². The SMILES string of the molecule is CN(C(=O)c1cccc(-n2c(N)c3c(cc2=O)C(=O)NC3=O)c1)C1CCCCC1. The Morgan fingerprint density at radius 2 is 1.83 bits per heavy atom. The lowest BCUT2D eigenvalue weighted by Gasteiger charge is -2.31. The molecule has 1 aliphatic carbocycles. The highest BCUT2D eigenvalue weighted by atomic mass is 16.2. The van der Waals surface area contributed by atoms with E-state index in [4.69, 9.17) is 5.73 Å². The van der Waals surface area contributed by atoms with E-state index in [-0.39, 0.29) is 28.9 Å². The number of nitrogen functional groups attached to an aromatic ring is 1. The van der Waals surface area contributed by atoms with Gasteiger partial charge in [0.05, 0.1) is 16.8 Å². The minimum absolute atomic E-state index is 0.0225. The summed E-state index contributed by atoms with van der Waals surface area (Å²) in [5.41, 5.74) is 6.28. The van der Waals surface area contributed by atoms with Crippen LogP contribution in [0.2, 0.25) is 0 Å². The Morgan fingerprint density at radius 1 is 1.10 bits per heavy atom. The van der Waals surface area contributed by atoms with Crippen LogP contribution in [0, 0.1) is 0 Å². The summed E-state index contributed by atoms with van der Waals surface area (Å²) in [5.74, 6) is -1.53. The first-order valence-corrected chi connectivity index (χ1v) is 9.67. The Bertz CT molecular complexity index is 1080. The van der Waals surface area contributed by atoms with E-state index in [1.54, 1.807) is 36.2 Å². The average molecular weight is 394 g/mol. The van der Waals surface area contributed by atoms with Gasteiger partial charge in [-0.25, -0.2) is 0 Å². The number of anilines is 1. The van der Waals surface area contributed by atoms with E-state index in [1.165, 1.54) is 6.42 Å². The normalized spacial score (nSPS) is 16.4. The van der Waals surface area contributed by atoms with Gasteiger partial charge in [-0.05, 0) is 31.0 Å². The number of carbonyl (C=O) groups excluding carboxylic acids is 3. The second-order valence-electron chi connectivity index (χ2n) is 7.53. The Kier molecular flexibility index (Phi) is 4.70. The molecule has 4 rings (SSSR count). The fourth-order valence-electron chi connectivity index (χ4n) is 4.16. The highest BCUT2D eigenvalue weighted by molar-refractivity contribution is 6.23. The van der Waals surface area contributed by atoms with Gasteiger partial charge in [-0.2, -0.15) is 0 Å². The van der Waals surface area contributed by atoms with E-state index >= 15 is 0 Å². The molecule has 8 heteroatoms. The second-order valence-corrected chi connectivity index (χ2v) is 7.53. The first-order chi connectivity index (χ1) is 13.9. The Hall–Kier alpha value is -3.42. The van der Waals surface area contributed by atoms with E-state index in [0.29, 0.717) is 11.3 Å². The van der Waals surface area contributed by atoms with Crippen molar-refractivity contribution in [1.29, 1.82) is 0 Å². The van der Waals surface area contributed by atoms with Crippen LogP contribution >= 0.6 is 0 Å². The van der Waals surface area contributed by atoms with Gasteiger partial charge in [-0.15, -0.1) is 0 Å². The maximum atomic E-state index is 13.0. The first kappa shape index (κ1) is 18.9. The van der Waals surface area contributed by atoms with Gasteiger partial charge >= 0.3 is 0 Å². The zero-order chi connectivity index (χ0) is 20.7. The van der Waals surface area contributed by atoms with Gasteiger partial charge in [0.2, 0.25) is 0 Å². The zero-order valence-corrected chi connectivity index (χ0v) is 16.1. The summed E-state index contributed by atoms with van der Waals surface area (Å²) in [6, 6.07) is 7.88. The molecule has 0 radical (unpaired) electrons. The molecule has 2 aromatic rings. The highest BCUT2D eigenvalue weighted by Gasteiger charge is 2.32. The third kappa shape index (κ3) is 3.20. The van der Waals surface area contributed by atoms with Gasteiger partial charge in [0.15, 0.2) is 0 Å². The summed E-state index contributed by atoms with van der Waals surface area (Å²) in [6.07, 6.45) is 5.41. The number of pyridine rings is 1. The Balaban J connectivity index is 1.72. The number of nitrogens with zero attached hydrogens (tertiary/aromatic N) is 2. The molecule has 1 aromatic carbocycles. The van der Waals surface area contributed by atoms with Crippen LogP contribution in [0.1, 0.15) is 63.2 Å². The van der Waals surface area contributed by atoms with Crippen molar-refractivity contribution in [1.82, 2.24) is 14.8 Å². The molecule has 0 saturated heterocycles. The summed E-state index contributed by atoms with van der Waals surface area (Å²) in [7, 11) is 1.80. The number of hydrogen-bond donors (Lipinski definition) is 2. The molecule has 29 heavy (non-hydrogen) atoms. The molecule has 0 spiro atoms. The van der Waals surface area contributed by atoms with Crippen LogP contribution in [0.3, 0.4) is 0 Å². The largest absolute Gasteiger partial charge is 0.384 e. The molecule has 3 amide bonds. The van der Waals surface area contributed by atoms with Crippen LogP contribution in [0.5, 0.6) is 0 Å². The summed E-state index contributed by atoms with van der Waals surface area (Å²) in [5, 5.41) is 2.14. The molecule has 8 nitrogen and oxygen atoms in total. The van der Waals surface area contributed by atoms with Crippen LogP contribution in [0.25, 0.3) is 5.69 Å². The number of imide groups is 1. The first-order valence-electron chi connectivity index (χ1n) is 9.67. The van der Waals surface area contributed by atoms with E-state index in [2.05, 4.69) is 5.32 Å². The number of fused-ring (bicyclic) bond motifs is 1. The van der Waals surface area contributed by atoms with Crippen LogP contribution in [0.15, 0.2) is 35.1 Å². The fourth-order valence-corrected chi connectivity index (χ4v) is 4.16. The van der Waals surface area contributed by atoms with Gasteiger partial charge in [0.1, 0.15) is 5.82 Å². The van der Waals surface area contributed by atoms with Crippen LogP contribution < -0.4 is 16.6 Å².